The highest BCUT2D eigenvalue weighted by atomic mass is 32.1. The van der Waals surface area contributed by atoms with E-state index in [2.05, 4.69) is 47.0 Å². The molecule has 2 amide bonds. The Labute approximate surface area is 165 Å². The first-order valence-corrected chi connectivity index (χ1v) is 9.77. The van der Waals surface area contributed by atoms with E-state index in [1.807, 2.05) is 11.4 Å². The number of hydrogen-bond donors (Lipinski definition) is 3. The second-order valence-corrected chi connectivity index (χ2v) is 7.43. The minimum absolute atomic E-state index is 0.146. The number of fused-ring (bicyclic) bond motifs is 1. The Hall–Kier alpha value is -3.32. The summed E-state index contributed by atoms with van der Waals surface area (Å²) in [5, 5.41) is 3.16. The maximum atomic E-state index is 12.2. The van der Waals surface area contributed by atoms with E-state index in [0.29, 0.717) is 6.42 Å². The standard InChI is InChI=1S/C21H19N3O3S/c1-13-6-8-16-15(12-13)14(20(22-16)18-5-3-11-28-18)7-9-19(25)23-24-21(26)17-4-2-10-27-17/h2-6,8,10-12,22H,7,9H2,1H3,(H,23,25)(H,24,26). The number of benzene rings is 1. The third kappa shape index (κ3) is 3.70. The van der Waals surface area contributed by atoms with Gasteiger partial charge in [0.25, 0.3) is 0 Å². The lowest BCUT2D eigenvalue weighted by molar-refractivity contribution is -0.121. The fraction of sp³-hybridized carbons (Fsp3) is 0.143. The van der Waals surface area contributed by atoms with E-state index in [9.17, 15) is 9.59 Å². The van der Waals surface area contributed by atoms with Crippen molar-refractivity contribution >= 4 is 34.1 Å². The summed E-state index contributed by atoms with van der Waals surface area (Å²) in [4.78, 5) is 28.7. The average Bonchev–Trinajstić information content (AvgIpc) is 3.44. The third-order valence-electron chi connectivity index (χ3n) is 4.49. The first-order chi connectivity index (χ1) is 13.6. The molecule has 142 valence electrons. The molecular weight excluding hydrogens is 374 g/mol. The minimum atomic E-state index is -0.486. The smallest absolute Gasteiger partial charge is 0.305 e. The molecule has 0 spiro atoms. The largest absolute Gasteiger partial charge is 0.459 e. The van der Waals surface area contributed by atoms with Gasteiger partial charge in [0.15, 0.2) is 5.76 Å². The quantitative estimate of drug-likeness (QED) is 0.444. The molecule has 0 radical (unpaired) electrons. The number of nitrogens with one attached hydrogen (secondary N) is 3. The van der Waals surface area contributed by atoms with Crippen molar-refractivity contribution < 1.29 is 14.0 Å². The van der Waals surface area contributed by atoms with Crippen LogP contribution in [0.5, 0.6) is 0 Å². The molecule has 4 rings (SSSR count). The molecule has 0 atom stereocenters. The molecular formula is C21H19N3O3S. The van der Waals surface area contributed by atoms with Crippen LogP contribution in [-0.4, -0.2) is 16.8 Å². The monoisotopic (exact) mass is 393 g/mol. The van der Waals surface area contributed by atoms with Crippen LogP contribution < -0.4 is 10.9 Å². The Bertz CT molecular complexity index is 1110. The predicted octanol–water partition coefficient (Wildman–Crippen LogP) is 4.19. The molecule has 0 aliphatic rings. The van der Waals surface area contributed by atoms with E-state index in [-0.39, 0.29) is 18.1 Å². The normalized spacial score (nSPS) is 10.9. The van der Waals surface area contributed by atoms with Crippen LogP contribution in [0.1, 0.15) is 28.1 Å². The molecule has 3 N–H and O–H groups in total. The highest BCUT2D eigenvalue weighted by molar-refractivity contribution is 7.13. The zero-order valence-corrected chi connectivity index (χ0v) is 16.1. The number of hydrazine groups is 1. The number of furan rings is 1. The third-order valence-corrected chi connectivity index (χ3v) is 5.38. The second kappa shape index (κ2) is 7.74. The SMILES string of the molecule is Cc1ccc2[nH]c(-c3cccs3)c(CCC(=O)NNC(=O)c3ccco3)c2c1. The summed E-state index contributed by atoms with van der Waals surface area (Å²) >= 11 is 1.66. The van der Waals surface area contributed by atoms with Crippen LogP contribution in [0.15, 0.2) is 58.5 Å². The lowest BCUT2D eigenvalue weighted by Crippen LogP contribution is -2.41. The van der Waals surface area contributed by atoms with Gasteiger partial charge in [0.2, 0.25) is 5.91 Å². The summed E-state index contributed by atoms with van der Waals surface area (Å²) in [6, 6.07) is 13.5. The van der Waals surface area contributed by atoms with Crippen molar-refractivity contribution in [1.82, 2.24) is 15.8 Å². The van der Waals surface area contributed by atoms with Crippen molar-refractivity contribution in [2.45, 2.75) is 19.8 Å². The van der Waals surface area contributed by atoms with Gasteiger partial charge in [-0.15, -0.1) is 11.3 Å². The second-order valence-electron chi connectivity index (χ2n) is 6.48. The van der Waals surface area contributed by atoms with Gasteiger partial charge in [-0.05, 0) is 54.6 Å². The summed E-state index contributed by atoms with van der Waals surface area (Å²) in [6.45, 7) is 2.05. The van der Waals surface area contributed by atoms with Crippen LogP contribution in [-0.2, 0) is 11.2 Å². The van der Waals surface area contributed by atoms with Gasteiger partial charge < -0.3 is 9.40 Å². The van der Waals surface area contributed by atoms with E-state index < -0.39 is 5.91 Å². The van der Waals surface area contributed by atoms with Crippen LogP contribution in [0.25, 0.3) is 21.5 Å². The summed E-state index contributed by atoms with van der Waals surface area (Å²) in [7, 11) is 0. The van der Waals surface area contributed by atoms with Crippen molar-refractivity contribution in [1.29, 1.82) is 0 Å². The number of carbonyl (C=O) groups is 2. The Morgan fingerprint density at radius 1 is 1.14 bits per heavy atom. The van der Waals surface area contributed by atoms with E-state index in [4.69, 9.17) is 4.42 Å². The number of aromatic amines is 1. The van der Waals surface area contributed by atoms with Crippen LogP contribution >= 0.6 is 11.3 Å². The van der Waals surface area contributed by atoms with Crippen molar-refractivity contribution in [2.24, 2.45) is 0 Å². The number of rotatable bonds is 5. The summed E-state index contributed by atoms with van der Waals surface area (Å²) < 4.78 is 5.00. The number of amides is 2. The number of thiophene rings is 1. The van der Waals surface area contributed by atoms with Crippen LogP contribution in [0.3, 0.4) is 0 Å². The van der Waals surface area contributed by atoms with Crippen molar-refractivity contribution in [2.75, 3.05) is 0 Å². The van der Waals surface area contributed by atoms with Crippen molar-refractivity contribution in [3.8, 4) is 10.6 Å². The Morgan fingerprint density at radius 2 is 2.04 bits per heavy atom. The fourth-order valence-corrected chi connectivity index (χ4v) is 3.90. The highest BCUT2D eigenvalue weighted by Crippen LogP contribution is 2.34. The van der Waals surface area contributed by atoms with Gasteiger partial charge in [0.05, 0.1) is 16.8 Å². The summed E-state index contributed by atoms with van der Waals surface area (Å²) in [5.41, 5.74) is 9.17. The van der Waals surface area contributed by atoms with Gasteiger partial charge in [-0.1, -0.05) is 17.7 Å². The lowest BCUT2D eigenvalue weighted by Gasteiger charge is -2.07. The Balaban J connectivity index is 1.49. The van der Waals surface area contributed by atoms with Gasteiger partial charge in [0.1, 0.15) is 0 Å². The molecule has 0 aliphatic heterocycles. The maximum absolute atomic E-state index is 12.2. The van der Waals surface area contributed by atoms with Gasteiger partial charge in [-0.25, -0.2) is 0 Å². The fourth-order valence-electron chi connectivity index (χ4n) is 3.15. The molecule has 7 heteroatoms. The van der Waals surface area contributed by atoms with Gasteiger partial charge >= 0.3 is 5.91 Å². The lowest BCUT2D eigenvalue weighted by atomic mass is 10.0. The molecule has 0 bridgehead atoms. The molecule has 0 saturated heterocycles. The van der Waals surface area contributed by atoms with Crippen molar-refractivity contribution in [3.05, 3.63) is 71.0 Å². The molecule has 4 aromatic rings. The number of aryl methyl sites for hydroxylation is 2. The first kappa shape index (κ1) is 18.1. The summed E-state index contributed by atoms with van der Waals surface area (Å²) in [6.07, 6.45) is 2.21. The molecule has 0 fully saturated rings. The van der Waals surface area contributed by atoms with Gasteiger partial charge in [0, 0.05) is 17.3 Å². The number of carbonyl (C=O) groups excluding carboxylic acids is 2. The topological polar surface area (TPSA) is 87.1 Å². The molecule has 3 heterocycles. The number of hydrogen-bond acceptors (Lipinski definition) is 4. The molecule has 0 unspecified atom stereocenters. The first-order valence-electron chi connectivity index (χ1n) is 8.89. The molecule has 28 heavy (non-hydrogen) atoms. The number of H-pyrrole nitrogens is 1. The van der Waals surface area contributed by atoms with Crippen LogP contribution in [0, 0.1) is 6.92 Å². The summed E-state index contributed by atoms with van der Waals surface area (Å²) in [5.74, 6) is -0.605. The number of aromatic nitrogens is 1. The molecule has 1 aromatic carbocycles. The molecule has 0 aliphatic carbocycles. The highest BCUT2D eigenvalue weighted by Gasteiger charge is 2.16. The van der Waals surface area contributed by atoms with E-state index >= 15 is 0 Å². The minimum Gasteiger partial charge on any atom is -0.459 e. The van der Waals surface area contributed by atoms with E-state index in [1.165, 1.54) is 17.9 Å². The van der Waals surface area contributed by atoms with Crippen molar-refractivity contribution in [3.63, 3.8) is 0 Å². The van der Waals surface area contributed by atoms with Gasteiger partial charge in [-0.3, -0.25) is 20.4 Å². The Kier molecular flexibility index (Phi) is 4.99. The maximum Gasteiger partial charge on any atom is 0.305 e. The van der Waals surface area contributed by atoms with Crippen LogP contribution in [0.2, 0.25) is 0 Å². The average molecular weight is 393 g/mol. The zero-order chi connectivity index (χ0) is 19.5. The van der Waals surface area contributed by atoms with Gasteiger partial charge in [-0.2, -0.15) is 0 Å². The van der Waals surface area contributed by atoms with Crippen LogP contribution in [0.4, 0.5) is 0 Å². The molecule has 3 aromatic heterocycles. The molecule has 6 nitrogen and oxygen atoms in total. The predicted molar refractivity (Wildman–Crippen MR) is 109 cm³/mol. The zero-order valence-electron chi connectivity index (χ0n) is 15.2. The van der Waals surface area contributed by atoms with E-state index in [1.54, 1.807) is 17.4 Å². The van der Waals surface area contributed by atoms with E-state index in [0.717, 1.165) is 27.0 Å². The Morgan fingerprint density at radius 3 is 2.79 bits per heavy atom. The molecule has 0 saturated carbocycles.